The number of carbonyl (C=O) groups is 1. The number of pyridine rings is 1. The lowest BCUT2D eigenvalue weighted by Crippen LogP contribution is -2.33. The first-order valence-corrected chi connectivity index (χ1v) is 12.7. The van der Waals surface area contributed by atoms with Crippen molar-refractivity contribution in [3.05, 3.63) is 81.4 Å². The quantitative estimate of drug-likeness (QED) is 0.195. The van der Waals surface area contributed by atoms with Crippen molar-refractivity contribution in [3.8, 4) is 6.07 Å². The number of hydrogen-bond donors (Lipinski definition) is 2. The van der Waals surface area contributed by atoms with Gasteiger partial charge in [0.25, 0.3) is 5.69 Å². The second-order valence-electron chi connectivity index (χ2n) is 9.26. The van der Waals surface area contributed by atoms with Crippen LogP contribution in [-0.2, 0) is 22.6 Å². The first kappa shape index (κ1) is 25.2. The van der Waals surface area contributed by atoms with Crippen molar-refractivity contribution < 1.29 is 14.5 Å². The van der Waals surface area contributed by atoms with Gasteiger partial charge in [-0.05, 0) is 37.6 Å². The normalized spacial score (nSPS) is 13.9. The fourth-order valence-electron chi connectivity index (χ4n) is 4.34. The van der Waals surface area contributed by atoms with Gasteiger partial charge in [0, 0.05) is 23.7 Å². The van der Waals surface area contributed by atoms with Crippen molar-refractivity contribution in [2.24, 2.45) is 0 Å². The number of aromatic nitrogens is 3. The minimum atomic E-state index is -0.549. The molecule has 0 saturated heterocycles. The average molecular weight is 530 g/mol. The number of nitrogens with zero attached hydrogens (tertiary/aromatic N) is 5. The summed E-state index contributed by atoms with van der Waals surface area (Å²) in [5.41, 5.74) is 2.87. The van der Waals surface area contributed by atoms with Crippen LogP contribution in [0.25, 0.3) is 5.65 Å². The van der Waals surface area contributed by atoms with Crippen LogP contribution in [0.4, 0.5) is 22.9 Å². The fraction of sp³-hybridized carbons (Fsp3) is 0.231. The molecule has 0 unspecified atom stereocenters. The molecule has 0 atom stereocenters. The van der Waals surface area contributed by atoms with E-state index in [1.807, 2.05) is 44.2 Å². The summed E-state index contributed by atoms with van der Waals surface area (Å²) in [4.78, 5) is 23.5. The maximum Gasteiger partial charge on any atom is 0.292 e. The number of carbonyl (C=O) groups excluding carboxylic acids is 1. The number of nitro groups is 1. The molecule has 38 heavy (non-hydrogen) atoms. The van der Waals surface area contributed by atoms with Gasteiger partial charge in [-0.25, -0.2) is 0 Å². The van der Waals surface area contributed by atoms with Crippen molar-refractivity contribution in [2.75, 3.05) is 16.4 Å². The molecule has 0 fully saturated rings. The van der Waals surface area contributed by atoms with E-state index >= 15 is 0 Å². The number of rotatable bonds is 7. The zero-order valence-electron chi connectivity index (χ0n) is 20.6. The molecule has 4 aromatic rings. The fourth-order valence-corrected chi connectivity index (χ4v) is 5.08. The highest BCUT2D eigenvalue weighted by Gasteiger charge is 2.33. The van der Waals surface area contributed by atoms with Crippen LogP contribution in [0.5, 0.6) is 0 Å². The van der Waals surface area contributed by atoms with E-state index in [2.05, 4.69) is 26.9 Å². The van der Waals surface area contributed by atoms with Crippen LogP contribution in [0.15, 0.2) is 59.8 Å². The summed E-state index contributed by atoms with van der Waals surface area (Å²) >= 11 is 1.11. The van der Waals surface area contributed by atoms with Gasteiger partial charge in [-0.15, -0.1) is 10.2 Å². The highest BCUT2D eigenvalue weighted by atomic mass is 32.2. The van der Waals surface area contributed by atoms with Crippen LogP contribution >= 0.6 is 11.8 Å². The van der Waals surface area contributed by atoms with Crippen molar-refractivity contribution in [1.29, 1.82) is 5.26 Å². The van der Waals surface area contributed by atoms with Crippen molar-refractivity contribution in [2.45, 2.75) is 37.6 Å². The van der Waals surface area contributed by atoms with Crippen LogP contribution in [-0.4, -0.2) is 36.8 Å². The summed E-state index contributed by atoms with van der Waals surface area (Å²) in [7, 11) is 0. The number of ether oxygens (including phenoxy) is 1. The molecular formula is C26H23N7O4S. The van der Waals surface area contributed by atoms with Gasteiger partial charge in [-0.3, -0.25) is 19.3 Å². The van der Waals surface area contributed by atoms with Gasteiger partial charge in [0.05, 0.1) is 28.4 Å². The molecule has 3 heterocycles. The third-order valence-corrected chi connectivity index (χ3v) is 7.02. The summed E-state index contributed by atoms with van der Waals surface area (Å²) in [5.74, 6) is -0.0287. The monoisotopic (exact) mass is 529 g/mol. The predicted octanol–water partition coefficient (Wildman–Crippen LogP) is 4.83. The molecule has 1 amide bonds. The molecule has 1 aliphatic rings. The molecule has 12 heteroatoms. The van der Waals surface area contributed by atoms with Crippen LogP contribution in [0.2, 0.25) is 0 Å². The largest absolute Gasteiger partial charge is 0.370 e. The molecule has 0 bridgehead atoms. The maximum atomic E-state index is 12.7. The Morgan fingerprint density at radius 2 is 1.92 bits per heavy atom. The smallest absolute Gasteiger partial charge is 0.292 e. The highest BCUT2D eigenvalue weighted by Crippen LogP contribution is 2.38. The van der Waals surface area contributed by atoms with Gasteiger partial charge in [-0.2, -0.15) is 5.26 Å². The first-order valence-electron chi connectivity index (χ1n) is 11.7. The Morgan fingerprint density at radius 1 is 1.18 bits per heavy atom. The summed E-state index contributed by atoms with van der Waals surface area (Å²) in [6.07, 6.45) is 0.527. The second kappa shape index (κ2) is 10.1. The zero-order valence-corrected chi connectivity index (χ0v) is 21.4. The van der Waals surface area contributed by atoms with Crippen molar-refractivity contribution in [3.63, 3.8) is 0 Å². The SMILES string of the molecule is CC1(C)Cc2c(C#N)c(Nc3ccccc3)n3c(SCC(=O)Nc4ccccc4[N+](=O)[O-])nnc3c2CO1. The van der Waals surface area contributed by atoms with Gasteiger partial charge < -0.3 is 15.4 Å². The molecule has 0 aliphatic carbocycles. The number of nitriles is 1. The van der Waals surface area contributed by atoms with Gasteiger partial charge in [0.2, 0.25) is 5.91 Å². The minimum absolute atomic E-state index is 0.0832. The number of para-hydroxylation sites is 3. The van der Waals surface area contributed by atoms with E-state index in [1.54, 1.807) is 10.5 Å². The number of hydrogen-bond acceptors (Lipinski definition) is 9. The van der Waals surface area contributed by atoms with E-state index in [4.69, 9.17) is 4.74 Å². The van der Waals surface area contributed by atoms with Crippen LogP contribution in [0.1, 0.15) is 30.5 Å². The summed E-state index contributed by atoms with van der Waals surface area (Å²) in [6, 6.07) is 17.7. The third-order valence-electron chi connectivity index (χ3n) is 6.10. The number of amides is 1. The standard InChI is InChI=1S/C26H23N7O4S/c1-26(2)12-17-18(13-27)23(28-16-8-4-3-5-9-16)32-24(19(17)14-37-26)30-31-25(32)38-15-22(34)29-20-10-6-7-11-21(20)33(35)36/h3-11,28H,12,14-15H2,1-2H3,(H,29,34). The Hall–Kier alpha value is -4.47. The molecule has 5 rings (SSSR count). The molecular weight excluding hydrogens is 506 g/mol. The number of thioether (sulfide) groups is 1. The summed E-state index contributed by atoms with van der Waals surface area (Å²) < 4.78 is 7.76. The Kier molecular flexibility index (Phi) is 6.71. The molecule has 1 aliphatic heterocycles. The van der Waals surface area contributed by atoms with E-state index in [9.17, 15) is 20.2 Å². The molecule has 11 nitrogen and oxygen atoms in total. The number of anilines is 3. The second-order valence-corrected chi connectivity index (χ2v) is 10.2. The molecule has 2 aromatic heterocycles. The molecule has 0 radical (unpaired) electrons. The maximum absolute atomic E-state index is 12.7. The van der Waals surface area contributed by atoms with Gasteiger partial charge in [0.1, 0.15) is 17.6 Å². The molecule has 0 saturated carbocycles. The van der Waals surface area contributed by atoms with E-state index in [0.29, 0.717) is 28.6 Å². The summed E-state index contributed by atoms with van der Waals surface area (Å²) in [6.45, 7) is 4.23. The number of benzene rings is 2. The lowest BCUT2D eigenvalue weighted by molar-refractivity contribution is -0.383. The van der Waals surface area contributed by atoms with Crippen molar-refractivity contribution >= 4 is 46.2 Å². The summed E-state index contributed by atoms with van der Waals surface area (Å²) in [5, 5.41) is 36.6. The van der Waals surface area contributed by atoms with E-state index < -0.39 is 16.4 Å². The van der Waals surface area contributed by atoms with Gasteiger partial charge in [-0.1, -0.05) is 42.1 Å². The number of nitrogens with one attached hydrogen (secondary N) is 2. The van der Waals surface area contributed by atoms with Crippen LogP contribution in [0.3, 0.4) is 0 Å². The van der Waals surface area contributed by atoms with E-state index in [0.717, 1.165) is 28.6 Å². The van der Waals surface area contributed by atoms with Gasteiger partial charge >= 0.3 is 0 Å². The zero-order chi connectivity index (χ0) is 26.9. The third kappa shape index (κ3) is 4.89. The lowest BCUT2D eigenvalue weighted by atomic mass is 9.89. The van der Waals surface area contributed by atoms with Crippen molar-refractivity contribution in [1.82, 2.24) is 14.6 Å². The highest BCUT2D eigenvalue weighted by molar-refractivity contribution is 7.99. The molecule has 0 spiro atoms. The average Bonchev–Trinajstić information content (AvgIpc) is 3.32. The Balaban J connectivity index is 1.52. The Bertz CT molecular complexity index is 1590. The number of nitro benzene ring substituents is 1. The lowest BCUT2D eigenvalue weighted by Gasteiger charge is -2.33. The van der Waals surface area contributed by atoms with Gasteiger partial charge in [0.15, 0.2) is 10.8 Å². The van der Waals surface area contributed by atoms with E-state index in [-0.39, 0.29) is 23.7 Å². The predicted molar refractivity (Wildman–Crippen MR) is 142 cm³/mol. The molecule has 2 N–H and O–H groups in total. The molecule has 192 valence electrons. The van der Waals surface area contributed by atoms with Crippen LogP contribution in [0, 0.1) is 21.4 Å². The molecule has 2 aromatic carbocycles. The topological polar surface area (TPSA) is 147 Å². The number of fused-ring (bicyclic) bond motifs is 3. The van der Waals surface area contributed by atoms with Crippen LogP contribution < -0.4 is 10.6 Å². The Labute approximate surface area is 222 Å². The van der Waals surface area contributed by atoms with E-state index in [1.165, 1.54) is 18.2 Å². The minimum Gasteiger partial charge on any atom is -0.370 e. The Morgan fingerprint density at radius 3 is 2.66 bits per heavy atom. The first-order chi connectivity index (χ1) is 18.3.